The van der Waals surface area contributed by atoms with E-state index >= 15 is 0 Å². The lowest BCUT2D eigenvalue weighted by molar-refractivity contribution is -0.174. The number of fused-ring (bicyclic) bond motifs is 3. The van der Waals surface area contributed by atoms with Crippen LogP contribution in [-0.4, -0.2) is 56.9 Å². The fourth-order valence-electron chi connectivity index (χ4n) is 7.65. The molecule has 0 radical (unpaired) electrons. The molecule has 6 heteroatoms. The molecule has 148 valence electrons. The van der Waals surface area contributed by atoms with Gasteiger partial charge in [-0.15, -0.1) is 0 Å². The van der Waals surface area contributed by atoms with Crippen LogP contribution in [0.2, 0.25) is 0 Å². The number of ether oxygens (including phenoxy) is 1. The maximum atomic E-state index is 12.5. The number of carbonyl (C=O) groups is 2. The number of aliphatic hydroxyl groups is 3. The van der Waals surface area contributed by atoms with Gasteiger partial charge in [-0.1, -0.05) is 19.4 Å². The van der Waals surface area contributed by atoms with Gasteiger partial charge < -0.3 is 20.1 Å². The number of rotatable bonds is 2. The highest BCUT2D eigenvalue weighted by Crippen LogP contribution is 2.76. The number of Topliss-reactive ketones (excluding diaryl/α,β-unsaturated/α-hetero) is 1. The van der Waals surface area contributed by atoms with E-state index in [0.717, 1.165) is 19.3 Å². The summed E-state index contributed by atoms with van der Waals surface area (Å²) in [6.45, 7) is 3.31. The third kappa shape index (κ3) is 1.77. The number of carbonyl (C=O) groups excluding carboxylic acids is 2. The Morgan fingerprint density at radius 2 is 2.04 bits per heavy atom. The lowest BCUT2D eigenvalue weighted by Gasteiger charge is -2.56. The zero-order valence-electron chi connectivity index (χ0n) is 15.9. The molecule has 1 saturated heterocycles. The maximum absolute atomic E-state index is 12.5. The lowest BCUT2D eigenvalue weighted by atomic mass is 9.46. The third-order valence-electron chi connectivity index (χ3n) is 9.12. The molecule has 0 amide bonds. The summed E-state index contributed by atoms with van der Waals surface area (Å²) in [5.74, 6) is -0.428. The van der Waals surface area contributed by atoms with E-state index in [4.69, 9.17) is 4.74 Å². The van der Waals surface area contributed by atoms with Crippen molar-refractivity contribution in [1.82, 2.24) is 0 Å². The van der Waals surface area contributed by atoms with E-state index in [9.17, 15) is 24.9 Å². The van der Waals surface area contributed by atoms with Crippen molar-refractivity contribution in [3.63, 3.8) is 0 Å². The molecule has 8 atom stereocenters. The normalized spacial score (nSPS) is 55.7. The van der Waals surface area contributed by atoms with Crippen LogP contribution < -0.4 is 0 Å². The summed E-state index contributed by atoms with van der Waals surface area (Å²) < 4.78 is 6.40. The van der Waals surface area contributed by atoms with Crippen molar-refractivity contribution < 1.29 is 29.6 Å². The van der Waals surface area contributed by atoms with E-state index in [1.807, 2.05) is 13.0 Å². The summed E-state index contributed by atoms with van der Waals surface area (Å²) >= 11 is 0. The molecule has 5 aliphatic rings. The van der Waals surface area contributed by atoms with Crippen LogP contribution in [0.5, 0.6) is 0 Å². The van der Waals surface area contributed by atoms with Crippen molar-refractivity contribution >= 4 is 11.6 Å². The lowest BCUT2D eigenvalue weighted by Crippen LogP contribution is -2.63. The van der Waals surface area contributed by atoms with Gasteiger partial charge in [0.25, 0.3) is 0 Å². The molecule has 0 unspecified atom stereocenters. The van der Waals surface area contributed by atoms with Gasteiger partial charge in [0.2, 0.25) is 0 Å². The fourth-order valence-corrected chi connectivity index (χ4v) is 7.65. The Morgan fingerprint density at radius 3 is 2.74 bits per heavy atom. The van der Waals surface area contributed by atoms with Gasteiger partial charge in [0, 0.05) is 17.3 Å². The van der Waals surface area contributed by atoms with Gasteiger partial charge >= 0.3 is 0 Å². The van der Waals surface area contributed by atoms with E-state index in [2.05, 4.69) is 6.92 Å². The number of aliphatic hydroxyl groups excluding tert-OH is 2. The zero-order valence-corrected chi connectivity index (χ0v) is 15.9. The molecule has 3 saturated carbocycles. The Balaban J connectivity index is 1.59. The highest BCUT2D eigenvalue weighted by atomic mass is 16.6. The third-order valence-corrected chi connectivity index (χ3v) is 9.12. The van der Waals surface area contributed by atoms with Crippen LogP contribution in [0.3, 0.4) is 0 Å². The summed E-state index contributed by atoms with van der Waals surface area (Å²) in [7, 11) is 0. The van der Waals surface area contributed by atoms with Crippen molar-refractivity contribution in [1.29, 1.82) is 0 Å². The molecule has 27 heavy (non-hydrogen) atoms. The van der Waals surface area contributed by atoms with E-state index < -0.39 is 29.5 Å². The molecule has 5 rings (SSSR count). The van der Waals surface area contributed by atoms with Gasteiger partial charge in [0.1, 0.15) is 12.2 Å². The first-order valence-corrected chi connectivity index (χ1v) is 10.1. The Kier molecular flexibility index (Phi) is 3.39. The van der Waals surface area contributed by atoms with E-state index in [0.29, 0.717) is 19.3 Å². The second-order valence-electron chi connectivity index (χ2n) is 9.84. The topological polar surface area (TPSA) is 107 Å². The molecule has 0 aromatic rings. The second kappa shape index (κ2) is 5.09. The predicted octanol–water partition coefficient (Wildman–Crippen LogP) is 0.913. The highest BCUT2D eigenvalue weighted by Gasteiger charge is 2.82. The van der Waals surface area contributed by atoms with Crippen LogP contribution in [0.4, 0.5) is 0 Å². The minimum atomic E-state index is -1.93. The first-order chi connectivity index (χ1) is 12.6. The Bertz CT molecular complexity index is 775. The molecular formula is C21H28O6. The van der Waals surface area contributed by atoms with Gasteiger partial charge in [-0.3, -0.25) is 9.59 Å². The SMILES string of the molecule is C[C@]12CCC(=O)C=C1CC[C@@H]1[C@@H]3C[C@@H](O)[C@](O)(C(=O)CO)[C@]3(C)C[C@@H]3O[C@@]312. The first-order valence-electron chi connectivity index (χ1n) is 10.1. The van der Waals surface area contributed by atoms with Crippen LogP contribution in [-0.2, 0) is 14.3 Å². The molecular weight excluding hydrogens is 348 g/mol. The number of ketones is 2. The Labute approximate surface area is 158 Å². The molecule has 6 nitrogen and oxygen atoms in total. The average Bonchev–Trinajstić information content (AvgIpc) is 3.31. The highest BCUT2D eigenvalue weighted by molar-refractivity contribution is 5.92. The average molecular weight is 376 g/mol. The van der Waals surface area contributed by atoms with E-state index in [1.54, 1.807) is 0 Å². The summed E-state index contributed by atoms with van der Waals surface area (Å²) in [6.07, 6.45) is 4.35. The molecule has 3 N–H and O–H groups in total. The van der Waals surface area contributed by atoms with Crippen LogP contribution >= 0.6 is 0 Å². The Morgan fingerprint density at radius 1 is 1.30 bits per heavy atom. The molecule has 4 fully saturated rings. The van der Waals surface area contributed by atoms with E-state index in [1.165, 1.54) is 5.57 Å². The predicted molar refractivity (Wildman–Crippen MR) is 94.6 cm³/mol. The molecule has 4 aliphatic carbocycles. The van der Waals surface area contributed by atoms with Gasteiger partial charge in [-0.2, -0.15) is 0 Å². The molecule has 0 aromatic heterocycles. The molecule has 1 spiro atoms. The van der Waals surface area contributed by atoms with Crippen LogP contribution in [0, 0.1) is 22.7 Å². The number of epoxide rings is 1. The maximum Gasteiger partial charge on any atom is 0.192 e. The Hall–Kier alpha value is -1.08. The molecule has 0 bridgehead atoms. The van der Waals surface area contributed by atoms with Crippen molar-refractivity contribution in [3.8, 4) is 0 Å². The minimum Gasteiger partial charge on any atom is -0.390 e. The van der Waals surface area contributed by atoms with Crippen LogP contribution in [0.1, 0.15) is 52.4 Å². The summed E-state index contributed by atoms with van der Waals surface area (Å²) in [5, 5.41) is 31.4. The van der Waals surface area contributed by atoms with Gasteiger partial charge in [0.15, 0.2) is 17.2 Å². The summed E-state index contributed by atoms with van der Waals surface area (Å²) in [4.78, 5) is 24.4. The van der Waals surface area contributed by atoms with Crippen LogP contribution in [0.15, 0.2) is 11.6 Å². The molecule has 1 aliphatic heterocycles. The number of hydrogen-bond acceptors (Lipinski definition) is 6. The minimum absolute atomic E-state index is 0.0530. The monoisotopic (exact) mass is 376 g/mol. The van der Waals surface area contributed by atoms with Crippen molar-refractivity contribution in [2.45, 2.75) is 75.8 Å². The van der Waals surface area contributed by atoms with Crippen molar-refractivity contribution in [3.05, 3.63) is 11.6 Å². The van der Waals surface area contributed by atoms with Crippen LogP contribution in [0.25, 0.3) is 0 Å². The standard InChI is InChI=1S/C21H28O6/c1-18-6-5-12(23)7-11(18)3-4-13-14-8-15(24)20(26,16(25)10-22)19(14,2)9-17-21(13,18)27-17/h7,13-15,17,22,24,26H,3-6,8-10H2,1-2H3/t13-,14+,15-,17+,18+,19-,20+,21-/m1/s1. The van der Waals surface area contributed by atoms with Crippen molar-refractivity contribution in [2.24, 2.45) is 22.7 Å². The summed E-state index contributed by atoms with van der Waals surface area (Å²) in [5.41, 5.74) is -2.10. The molecule has 1 heterocycles. The van der Waals surface area contributed by atoms with E-state index in [-0.39, 0.29) is 34.7 Å². The smallest absolute Gasteiger partial charge is 0.192 e. The largest absolute Gasteiger partial charge is 0.390 e. The number of hydrogen-bond donors (Lipinski definition) is 3. The molecule has 0 aromatic carbocycles. The van der Waals surface area contributed by atoms with Crippen molar-refractivity contribution in [2.75, 3.05) is 6.61 Å². The van der Waals surface area contributed by atoms with Gasteiger partial charge in [-0.25, -0.2) is 0 Å². The van der Waals surface area contributed by atoms with Gasteiger partial charge in [0.05, 0.1) is 12.2 Å². The zero-order chi connectivity index (χ0) is 19.4. The summed E-state index contributed by atoms with van der Waals surface area (Å²) in [6, 6.07) is 0. The quantitative estimate of drug-likeness (QED) is 0.619. The fraction of sp³-hybridized carbons (Fsp3) is 0.810. The van der Waals surface area contributed by atoms with Gasteiger partial charge in [-0.05, 0) is 50.0 Å². The second-order valence-corrected chi connectivity index (χ2v) is 9.84. The first kappa shape index (κ1) is 18.0.